The molecule has 6 nitrogen and oxygen atoms in total. The third kappa shape index (κ3) is 56.9. The lowest BCUT2D eigenvalue weighted by atomic mass is 10.1. The third-order valence-electron chi connectivity index (χ3n) is 12.2. The standard InChI is InChI=1S/C65H108O6/c1-4-7-10-13-16-19-22-25-28-30-32-34-37-40-43-46-49-52-55-58-64(67)70-61-62(60-69-63(66)57-54-51-48-45-42-39-36-27-24-21-18-15-12-9-6-3)71-65(68)59-56-53-50-47-44-41-38-35-33-31-29-26-23-20-17-14-11-8-5-2/h16-21,25-29,32,34,36,40,42-43,45,62H,4-15,22-24,30-31,33,35,37-39,41,44,46-61H2,1-3H3/b19-16-,20-17-,21-18-,28-25-,29-26-,34-32-,36-27-,43-40-,45-42-/t62-/m1/s1. The average molecular weight is 986 g/mol. The fourth-order valence-corrected chi connectivity index (χ4v) is 7.76. The van der Waals surface area contributed by atoms with Gasteiger partial charge in [0, 0.05) is 19.3 Å². The molecule has 6 heteroatoms. The number of carbonyl (C=O) groups excluding carboxylic acids is 3. The maximum absolute atomic E-state index is 12.9. The van der Waals surface area contributed by atoms with Gasteiger partial charge in [0.15, 0.2) is 6.10 Å². The fourth-order valence-electron chi connectivity index (χ4n) is 7.76. The molecule has 0 aliphatic carbocycles. The molecule has 0 amide bonds. The van der Waals surface area contributed by atoms with Crippen LogP contribution in [0.15, 0.2) is 109 Å². The summed E-state index contributed by atoms with van der Waals surface area (Å²) in [5, 5.41) is 0. The highest BCUT2D eigenvalue weighted by atomic mass is 16.6. The minimum absolute atomic E-state index is 0.110. The Kier molecular flexibility index (Phi) is 55.4. The summed E-state index contributed by atoms with van der Waals surface area (Å²) in [6.07, 6.45) is 79.3. The van der Waals surface area contributed by atoms with Crippen molar-refractivity contribution in [3.8, 4) is 0 Å². The van der Waals surface area contributed by atoms with Crippen LogP contribution in [0, 0.1) is 0 Å². The van der Waals surface area contributed by atoms with E-state index in [1.165, 1.54) is 122 Å². The summed E-state index contributed by atoms with van der Waals surface area (Å²) >= 11 is 0. The first-order chi connectivity index (χ1) is 35.0. The molecule has 0 aromatic carbocycles. The summed E-state index contributed by atoms with van der Waals surface area (Å²) in [6.45, 7) is 6.50. The van der Waals surface area contributed by atoms with Crippen LogP contribution in [0.1, 0.15) is 265 Å². The van der Waals surface area contributed by atoms with Crippen LogP contribution in [-0.4, -0.2) is 37.2 Å². The highest BCUT2D eigenvalue weighted by molar-refractivity contribution is 5.71. The monoisotopic (exact) mass is 985 g/mol. The summed E-state index contributed by atoms with van der Waals surface area (Å²) in [6, 6.07) is 0. The second-order valence-electron chi connectivity index (χ2n) is 19.2. The van der Waals surface area contributed by atoms with Crippen LogP contribution >= 0.6 is 0 Å². The van der Waals surface area contributed by atoms with E-state index in [1.807, 2.05) is 0 Å². The Morgan fingerprint density at radius 3 is 0.831 bits per heavy atom. The molecule has 0 spiro atoms. The van der Waals surface area contributed by atoms with Crippen molar-refractivity contribution >= 4 is 17.9 Å². The van der Waals surface area contributed by atoms with Gasteiger partial charge in [-0.1, -0.05) is 220 Å². The largest absolute Gasteiger partial charge is 0.462 e. The van der Waals surface area contributed by atoms with Gasteiger partial charge < -0.3 is 14.2 Å². The molecular weight excluding hydrogens is 877 g/mol. The Hall–Kier alpha value is -3.93. The SMILES string of the molecule is CCCCC/C=C\C/C=C\C/C=C\C/C=C\CCCCCC(=O)OC[C@@H](COC(=O)CCCC/C=C\C/C=C\C/C=C\CCCCC)OC(=O)CCCCCCCCCCC/C=C\C/C=C\CCCCC. The van der Waals surface area contributed by atoms with Gasteiger partial charge in [0.1, 0.15) is 13.2 Å². The van der Waals surface area contributed by atoms with Crippen LogP contribution in [0.3, 0.4) is 0 Å². The van der Waals surface area contributed by atoms with E-state index in [9.17, 15) is 14.4 Å². The molecule has 1 atom stereocenters. The van der Waals surface area contributed by atoms with Crippen molar-refractivity contribution in [3.05, 3.63) is 109 Å². The summed E-state index contributed by atoms with van der Waals surface area (Å²) < 4.78 is 16.8. The number of rotatable bonds is 52. The molecule has 0 saturated carbocycles. The van der Waals surface area contributed by atoms with Crippen molar-refractivity contribution in [2.24, 2.45) is 0 Å². The van der Waals surface area contributed by atoms with Crippen molar-refractivity contribution in [2.75, 3.05) is 13.2 Å². The lowest BCUT2D eigenvalue weighted by molar-refractivity contribution is -0.167. The van der Waals surface area contributed by atoms with Crippen molar-refractivity contribution in [1.82, 2.24) is 0 Å². The van der Waals surface area contributed by atoms with Gasteiger partial charge in [-0.25, -0.2) is 0 Å². The number of unbranched alkanes of at least 4 members (excludes halogenated alkanes) is 23. The zero-order chi connectivity index (χ0) is 51.4. The quantitative estimate of drug-likeness (QED) is 0.0261. The Morgan fingerprint density at radius 1 is 0.282 bits per heavy atom. The molecule has 404 valence electrons. The number of esters is 3. The Balaban J connectivity index is 4.51. The molecule has 71 heavy (non-hydrogen) atoms. The number of carbonyl (C=O) groups is 3. The highest BCUT2D eigenvalue weighted by Crippen LogP contribution is 2.14. The molecule has 0 aliphatic rings. The van der Waals surface area contributed by atoms with Gasteiger partial charge in [0.2, 0.25) is 0 Å². The van der Waals surface area contributed by atoms with Crippen LogP contribution in [0.25, 0.3) is 0 Å². The van der Waals surface area contributed by atoms with Crippen LogP contribution < -0.4 is 0 Å². The molecule has 0 N–H and O–H groups in total. The maximum Gasteiger partial charge on any atom is 0.306 e. The van der Waals surface area contributed by atoms with Crippen molar-refractivity contribution in [2.45, 2.75) is 271 Å². The van der Waals surface area contributed by atoms with Crippen LogP contribution in [0.4, 0.5) is 0 Å². The first-order valence-electron chi connectivity index (χ1n) is 29.4. The predicted octanol–water partition coefficient (Wildman–Crippen LogP) is 19.9. The van der Waals surface area contributed by atoms with Crippen molar-refractivity contribution in [1.29, 1.82) is 0 Å². The molecule has 0 bridgehead atoms. The first kappa shape index (κ1) is 67.1. The second kappa shape index (κ2) is 58.6. The predicted molar refractivity (Wildman–Crippen MR) is 307 cm³/mol. The normalized spacial score (nSPS) is 12.9. The van der Waals surface area contributed by atoms with Gasteiger partial charge in [-0.3, -0.25) is 14.4 Å². The number of ether oxygens (including phenoxy) is 3. The molecule has 0 aliphatic heterocycles. The third-order valence-corrected chi connectivity index (χ3v) is 12.2. The molecule has 0 fully saturated rings. The highest BCUT2D eigenvalue weighted by Gasteiger charge is 2.19. The molecule has 0 aromatic rings. The molecule has 0 aromatic heterocycles. The van der Waals surface area contributed by atoms with Gasteiger partial charge >= 0.3 is 17.9 Å². The van der Waals surface area contributed by atoms with E-state index in [-0.39, 0.29) is 31.1 Å². The zero-order valence-electron chi connectivity index (χ0n) is 46.2. The maximum atomic E-state index is 12.9. The van der Waals surface area contributed by atoms with E-state index >= 15 is 0 Å². The zero-order valence-corrected chi connectivity index (χ0v) is 46.2. The number of hydrogen-bond acceptors (Lipinski definition) is 6. The summed E-state index contributed by atoms with van der Waals surface area (Å²) in [7, 11) is 0. The minimum Gasteiger partial charge on any atom is -0.462 e. The van der Waals surface area contributed by atoms with Crippen molar-refractivity contribution in [3.63, 3.8) is 0 Å². The summed E-state index contributed by atoms with van der Waals surface area (Å²) in [4.78, 5) is 38.2. The average Bonchev–Trinajstić information content (AvgIpc) is 3.37. The summed E-state index contributed by atoms with van der Waals surface area (Å²) in [5.74, 6) is -0.979. The molecule has 0 heterocycles. The first-order valence-corrected chi connectivity index (χ1v) is 29.4. The number of hydrogen-bond donors (Lipinski definition) is 0. The van der Waals surface area contributed by atoms with Crippen molar-refractivity contribution < 1.29 is 28.6 Å². The lowest BCUT2D eigenvalue weighted by Crippen LogP contribution is -2.30. The fraction of sp³-hybridized carbons (Fsp3) is 0.677. The van der Waals surface area contributed by atoms with E-state index in [1.54, 1.807) is 0 Å². The van der Waals surface area contributed by atoms with E-state index in [0.29, 0.717) is 19.3 Å². The van der Waals surface area contributed by atoms with Crippen LogP contribution in [0.5, 0.6) is 0 Å². The Bertz CT molecular complexity index is 1460. The lowest BCUT2D eigenvalue weighted by Gasteiger charge is -2.18. The van der Waals surface area contributed by atoms with Gasteiger partial charge in [-0.05, 0) is 135 Å². The van der Waals surface area contributed by atoms with E-state index < -0.39 is 6.10 Å². The van der Waals surface area contributed by atoms with Crippen LogP contribution in [0.2, 0.25) is 0 Å². The van der Waals surface area contributed by atoms with Crippen LogP contribution in [-0.2, 0) is 28.6 Å². The van der Waals surface area contributed by atoms with Gasteiger partial charge in [-0.15, -0.1) is 0 Å². The number of allylic oxidation sites excluding steroid dienone is 18. The van der Waals surface area contributed by atoms with Gasteiger partial charge in [0.25, 0.3) is 0 Å². The molecule has 0 radical (unpaired) electrons. The van der Waals surface area contributed by atoms with Gasteiger partial charge in [0.05, 0.1) is 0 Å². The smallest absolute Gasteiger partial charge is 0.306 e. The Labute approximate surface area is 438 Å². The molecule has 0 saturated heterocycles. The van der Waals surface area contributed by atoms with Gasteiger partial charge in [-0.2, -0.15) is 0 Å². The minimum atomic E-state index is -0.812. The Morgan fingerprint density at radius 2 is 0.507 bits per heavy atom. The van der Waals surface area contributed by atoms with E-state index in [0.717, 1.165) is 103 Å². The van der Waals surface area contributed by atoms with E-state index in [2.05, 4.69) is 130 Å². The molecule has 0 unspecified atom stereocenters. The molecular formula is C65H108O6. The van der Waals surface area contributed by atoms with E-state index in [4.69, 9.17) is 14.2 Å². The second-order valence-corrected chi connectivity index (χ2v) is 19.2. The summed E-state index contributed by atoms with van der Waals surface area (Å²) in [5.41, 5.74) is 0. The topological polar surface area (TPSA) is 78.9 Å². The molecule has 0 rings (SSSR count).